The lowest BCUT2D eigenvalue weighted by atomic mass is 9.94. The van der Waals surface area contributed by atoms with Crippen molar-refractivity contribution in [3.05, 3.63) is 23.9 Å². The summed E-state index contributed by atoms with van der Waals surface area (Å²) in [6.45, 7) is 1.35. The third kappa shape index (κ3) is 4.90. The molecule has 126 valence electrons. The Morgan fingerprint density at radius 3 is 2.96 bits per heavy atom. The van der Waals surface area contributed by atoms with E-state index in [1.807, 2.05) is 0 Å². The molecule has 2 heterocycles. The monoisotopic (exact) mass is 324 g/mol. The molecule has 1 saturated heterocycles. The number of pyridine rings is 1. The van der Waals surface area contributed by atoms with E-state index in [1.54, 1.807) is 13.2 Å². The van der Waals surface area contributed by atoms with Crippen molar-refractivity contribution < 1.29 is 28.9 Å². The smallest absolute Gasteiger partial charge is 0.305 e. The van der Waals surface area contributed by atoms with E-state index in [-0.39, 0.29) is 18.9 Å². The van der Waals surface area contributed by atoms with Gasteiger partial charge in [0.15, 0.2) is 0 Å². The molecule has 0 aliphatic carbocycles. The summed E-state index contributed by atoms with van der Waals surface area (Å²) in [5, 5.41) is 11.8. The highest BCUT2D eigenvalue weighted by Crippen LogP contribution is 2.23. The average molecular weight is 324 g/mol. The number of rotatable bonds is 8. The molecule has 1 atom stereocenters. The van der Waals surface area contributed by atoms with Crippen LogP contribution < -0.4 is 10.1 Å². The number of nitrogens with zero attached hydrogens (tertiary/aromatic N) is 1. The first-order valence-corrected chi connectivity index (χ1v) is 7.24. The van der Waals surface area contributed by atoms with E-state index in [9.17, 15) is 9.59 Å². The Balaban J connectivity index is 2.04. The Labute approximate surface area is 133 Å². The Bertz CT molecular complexity index is 557. The van der Waals surface area contributed by atoms with Crippen LogP contribution >= 0.6 is 0 Å². The topological polar surface area (TPSA) is 107 Å². The fourth-order valence-electron chi connectivity index (χ4n) is 2.35. The molecule has 0 saturated carbocycles. The second-order valence-corrected chi connectivity index (χ2v) is 5.33. The number of carbonyl (C=O) groups is 2. The highest BCUT2D eigenvalue weighted by Gasteiger charge is 2.38. The maximum Gasteiger partial charge on any atom is 0.305 e. The number of carboxylic acid groups (broad SMARTS) is 1. The van der Waals surface area contributed by atoms with Crippen LogP contribution in [0.5, 0.6) is 5.88 Å². The van der Waals surface area contributed by atoms with Crippen LogP contribution in [0.1, 0.15) is 23.2 Å². The molecule has 0 radical (unpaired) electrons. The molecule has 1 amide bonds. The van der Waals surface area contributed by atoms with Gasteiger partial charge in [-0.05, 0) is 12.5 Å². The molecule has 1 fully saturated rings. The van der Waals surface area contributed by atoms with Gasteiger partial charge in [-0.3, -0.25) is 9.59 Å². The Morgan fingerprint density at radius 2 is 2.30 bits per heavy atom. The number of methoxy groups -OCH3 is 1. The van der Waals surface area contributed by atoms with Crippen LogP contribution in [0, 0.1) is 0 Å². The summed E-state index contributed by atoms with van der Waals surface area (Å²) in [5.41, 5.74) is -0.521. The van der Waals surface area contributed by atoms with Crippen molar-refractivity contribution in [2.24, 2.45) is 0 Å². The normalized spacial score (nSPS) is 20.2. The lowest BCUT2D eigenvalue weighted by Gasteiger charge is -2.27. The third-order valence-corrected chi connectivity index (χ3v) is 3.51. The van der Waals surface area contributed by atoms with E-state index in [0.29, 0.717) is 37.7 Å². The largest absolute Gasteiger partial charge is 0.481 e. The number of carbonyl (C=O) groups excluding carboxylic acids is 1. The second-order valence-electron chi connectivity index (χ2n) is 5.33. The number of hydrogen-bond donors (Lipinski definition) is 2. The summed E-state index contributed by atoms with van der Waals surface area (Å²) in [6.07, 6.45) is 1.75. The van der Waals surface area contributed by atoms with E-state index in [4.69, 9.17) is 19.3 Å². The molecule has 0 spiro atoms. The molecule has 1 aliphatic heterocycles. The Morgan fingerprint density at radius 1 is 1.48 bits per heavy atom. The molecule has 23 heavy (non-hydrogen) atoms. The number of amides is 1. The van der Waals surface area contributed by atoms with Gasteiger partial charge in [0.25, 0.3) is 5.91 Å². The Kier molecular flexibility index (Phi) is 5.89. The molecule has 8 nitrogen and oxygen atoms in total. The zero-order chi connectivity index (χ0) is 16.7. The van der Waals surface area contributed by atoms with E-state index in [1.165, 1.54) is 12.3 Å². The van der Waals surface area contributed by atoms with Crippen molar-refractivity contribution in [1.82, 2.24) is 10.3 Å². The number of ether oxygens (including phenoxy) is 3. The summed E-state index contributed by atoms with van der Waals surface area (Å²) in [5.74, 6) is -1.05. The molecular weight excluding hydrogens is 304 g/mol. The van der Waals surface area contributed by atoms with Crippen LogP contribution in [0.4, 0.5) is 0 Å². The summed E-state index contributed by atoms with van der Waals surface area (Å²) < 4.78 is 15.5. The minimum absolute atomic E-state index is 0.180. The van der Waals surface area contributed by atoms with Crippen molar-refractivity contribution >= 4 is 11.9 Å². The molecular formula is C15H20N2O6. The SMILES string of the molecule is COCCOc1cc(C(=O)NC2(CC(=O)O)CCOC2)ccn1. The van der Waals surface area contributed by atoms with Gasteiger partial charge in [-0.25, -0.2) is 4.98 Å². The number of carboxylic acids is 1. The van der Waals surface area contributed by atoms with Crippen LogP contribution in [0.3, 0.4) is 0 Å². The fraction of sp³-hybridized carbons (Fsp3) is 0.533. The predicted molar refractivity (Wildman–Crippen MR) is 79.5 cm³/mol. The van der Waals surface area contributed by atoms with E-state index < -0.39 is 11.5 Å². The first-order chi connectivity index (χ1) is 11.0. The number of hydrogen-bond acceptors (Lipinski definition) is 6. The summed E-state index contributed by atoms with van der Waals surface area (Å²) in [7, 11) is 1.56. The molecule has 1 aromatic rings. The van der Waals surface area contributed by atoms with Gasteiger partial charge in [-0.15, -0.1) is 0 Å². The van der Waals surface area contributed by atoms with E-state index in [2.05, 4.69) is 10.3 Å². The summed E-state index contributed by atoms with van der Waals surface area (Å²) >= 11 is 0. The van der Waals surface area contributed by atoms with Gasteiger partial charge in [0.1, 0.15) is 6.61 Å². The van der Waals surface area contributed by atoms with Gasteiger partial charge in [-0.1, -0.05) is 0 Å². The minimum Gasteiger partial charge on any atom is -0.481 e. The van der Waals surface area contributed by atoms with Crippen LogP contribution in [0.15, 0.2) is 18.3 Å². The second kappa shape index (κ2) is 7.89. The molecule has 8 heteroatoms. The first kappa shape index (κ1) is 17.2. The van der Waals surface area contributed by atoms with Crippen molar-refractivity contribution in [3.8, 4) is 5.88 Å². The van der Waals surface area contributed by atoms with Crippen LogP contribution in [-0.4, -0.2) is 61.0 Å². The van der Waals surface area contributed by atoms with Crippen molar-refractivity contribution in [2.45, 2.75) is 18.4 Å². The molecule has 2 rings (SSSR count). The number of aliphatic carboxylic acids is 1. The van der Waals surface area contributed by atoms with Gasteiger partial charge in [0.05, 0.1) is 25.2 Å². The minimum atomic E-state index is -0.978. The highest BCUT2D eigenvalue weighted by atomic mass is 16.5. The van der Waals surface area contributed by atoms with E-state index >= 15 is 0 Å². The molecule has 0 aromatic carbocycles. The maximum absolute atomic E-state index is 12.4. The standard InChI is InChI=1S/C15H20N2O6/c1-21-6-7-23-12-8-11(2-4-16-12)14(20)17-15(9-13(18)19)3-5-22-10-15/h2,4,8H,3,5-7,9-10H2,1H3,(H,17,20)(H,18,19). The van der Waals surface area contributed by atoms with Crippen LogP contribution in [-0.2, 0) is 14.3 Å². The van der Waals surface area contributed by atoms with Gasteiger partial charge in [0.2, 0.25) is 5.88 Å². The average Bonchev–Trinajstić information content (AvgIpc) is 2.95. The molecule has 0 bridgehead atoms. The maximum atomic E-state index is 12.4. The molecule has 2 N–H and O–H groups in total. The fourth-order valence-corrected chi connectivity index (χ4v) is 2.35. The molecule has 1 aliphatic rings. The van der Waals surface area contributed by atoms with E-state index in [0.717, 1.165) is 0 Å². The van der Waals surface area contributed by atoms with Crippen LogP contribution in [0.2, 0.25) is 0 Å². The number of nitrogens with one attached hydrogen (secondary N) is 1. The zero-order valence-electron chi connectivity index (χ0n) is 12.9. The lowest BCUT2D eigenvalue weighted by molar-refractivity contribution is -0.138. The summed E-state index contributed by atoms with van der Waals surface area (Å²) in [4.78, 5) is 27.4. The quantitative estimate of drug-likeness (QED) is 0.669. The Hall–Kier alpha value is -2.19. The van der Waals surface area contributed by atoms with Gasteiger partial charge < -0.3 is 24.6 Å². The number of aromatic nitrogens is 1. The molecule has 1 aromatic heterocycles. The van der Waals surface area contributed by atoms with Gasteiger partial charge in [-0.2, -0.15) is 0 Å². The predicted octanol–water partition coefficient (Wildman–Crippen LogP) is 0.470. The summed E-state index contributed by atoms with van der Waals surface area (Å²) in [6, 6.07) is 3.05. The zero-order valence-corrected chi connectivity index (χ0v) is 12.9. The molecule has 1 unspecified atom stereocenters. The first-order valence-electron chi connectivity index (χ1n) is 7.24. The van der Waals surface area contributed by atoms with Crippen molar-refractivity contribution in [3.63, 3.8) is 0 Å². The van der Waals surface area contributed by atoms with Crippen LogP contribution in [0.25, 0.3) is 0 Å². The lowest BCUT2D eigenvalue weighted by Crippen LogP contribution is -2.50. The third-order valence-electron chi connectivity index (χ3n) is 3.51. The van der Waals surface area contributed by atoms with Crippen molar-refractivity contribution in [1.29, 1.82) is 0 Å². The highest BCUT2D eigenvalue weighted by molar-refractivity contribution is 5.95. The van der Waals surface area contributed by atoms with Crippen molar-refractivity contribution in [2.75, 3.05) is 33.5 Å². The van der Waals surface area contributed by atoms with Gasteiger partial charge >= 0.3 is 5.97 Å². The van der Waals surface area contributed by atoms with Gasteiger partial charge in [0, 0.05) is 31.5 Å².